The summed E-state index contributed by atoms with van der Waals surface area (Å²) in [5.74, 6) is -0.935. The molecule has 0 radical (unpaired) electrons. The van der Waals surface area contributed by atoms with Crippen LogP contribution in [0.3, 0.4) is 0 Å². The van der Waals surface area contributed by atoms with E-state index < -0.39 is 5.97 Å². The second-order valence-electron chi connectivity index (χ2n) is 3.00. The van der Waals surface area contributed by atoms with E-state index in [4.69, 9.17) is 9.84 Å². The summed E-state index contributed by atoms with van der Waals surface area (Å²) in [5, 5.41) is 7.89. The van der Waals surface area contributed by atoms with Crippen LogP contribution >= 0.6 is 0 Å². The SMILES string of the molecule is C=C(C)C(=O)O.CN1CCOCC1. The van der Waals surface area contributed by atoms with Gasteiger partial charge in [-0.2, -0.15) is 0 Å². The van der Waals surface area contributed by atoms with Crippen LogP contribution in [-0.4, -0.2) is 49.3 Å². The van der Waals surface area contributed by atoms with Crippen molar-refractivity contribution in [2.45, 2.75) is 6.92 Å². The van der Waals surface area contributed by atoms with Gasteiger partial charge in [0.2, 0.25) is 0 Å². The van der Waals surface area contributed by atoms with Crippen LogP contribution in [0.25, 0.3) is 0 Å². The second-order valence-corrected chi connectivity index (χ2v) is 3.00. The van der Waals surface area contributed by atoms with Crippen molar-refractivity contribution >= 4 is 5.97 Å². The van der Waals surface area contributed by atoms with Crippen LogP contribution in [-0.2, 0) is 9.53 Å². The number of ether oxygens (including phenoxy) is 1. The van der Waals surface area contributed by atoms with Gasteiger partial charge in [-0.25, -0.2) is 4.79 Å². The van der Waals surface area contributed by atoms with Crippen molar-refractivity contribution in [3.8, 4) is 0 Å². The van der Waals surface area contributed by atoms with Crippen LogP contribution in [0.2, 0.25) is 0 Å². The lowest BCUT2D eigenvalue weighted by molar-refractivity contribution is -0.132. The number of carboxylic acids is 1. The molecule has 1 fully saturated rings. The zero-order valence-corrected chi connectivity index (χ0v) is 8.25. The number of carboxylic acid groups (broad SMARTS) is 1. The van der Waals surface area contributed by atoms with E-state index in [-0.39, 0.29) is 5.57 Å². The third kappa shape index (κ3) is 7.49. The number of hydrogen-bond donors (Lipinski definition) is 1. The molecule has 0 amide bonds. The lowest BCUT2D eigenvalue weighted by Gasteiger charge is -2.21. The highest BCUT2D eigenvalue weighted by Gasteiger charge is 2.02. The lowest BCUT2D eigenvalue weighted by Crippen LogP contribution is -2.32. The zero-order valence-electron chi connectivity index (χ0n) is 8.25. The summed E-state index contributed by atoms with van der Waals surface area (Å²) in [6.45, 7) is 8.62. The van der Waals surface area contributed by atoms with Crippen LogP contribution < -0.4 is 0 Å². The van der Waals surface area contributed by atoms with Gasteiger partial charge in [0, 0.05) is 18.7 Å². The first-order valence-corrected chi connectivity index (χ1v) is 4.19. The number of rotatable bonds is 1. The van der Waals surface area contributed by atoms with Gasteiger partial charge in [0.25, 0.3) is 0 Å². The quantitative estimate of drug-likeness (QED) is 0.611. The van der Waals surface area contributed by atoms with Crippen molar-refractivity contribution in [3.63, 3.8) is 0 Å². The molecule has 0 bridgehead atoms. The van der Waals surface area contributed by atoms with E-state index >= 15 is 0 Å². The van der Waals surface area contributed by atoms with E-state index in [9.17, 15) is 4.79 Å². The minimum atomic E-state index is -0.935. The molecule has 0 unspecified atom stereocenters. The Labute approximate surface area is 78.8 Å². The molecule has 1 aliphatic heterocycles. The van der Waals surface area contributed by atoms with E-state index in [2.05, 4.69) is 18.5 Å². The number of morpholine rings is 1. The van der Waals surface area contributed by atoms with Gasteiger partial charge in [-0.1, -0.05) is 6.58 Å². The van der Waals surface area contributed by atoms with E-state index in [1.165, 1.54) is 6.92 Å². The predicted molar refractivity (Wildman–Crippen MR) is 50.8 cm³/mol. The molecule has 0 saturated carbocycles. The molecule has 13 heavy (non-hydrogen) atoms. The molecule has 0 aromatic carbocycles. The van der Waals surface area contributed by atoms with Crippen molar-refractivity contribution < 1.29 is 14.6 Å². The van der Waals surface area contributed by atoms with E-state index in [1.807, 2.05) is 0 Å². The fourth-order valence-electron chi connectivity index (χ4n) is 0.655. The zero-order chi connectivity index (χ0) is 10.3. The fraction of sp³-hybridized carbons (Fsp3) is 0.667. The van der Waals surface area contributed by atoms with Crippen LogP contribution in [0.1, 0.15) is 6.92 Å². The molecule has 1 rings (SSSR count). The average Bonchev–Trinajstić information content (AvgIpc) is 2.06. The summed E-state index contributed by atoms with van der Waals surface area (Å²) >= 11 is 0. The number of hydrogen-bond acceptors (Lipinski definition) is 3. The van der Waals surface area contributed by atoms with E-state index in [0.29, 0.717) is 0 Å². The standard InChI is InChI=1S/C5H11NO.C4H6O2/c1-6-2-4-7-5-3-6;1-3(2)4(5)6/h2-5H2,1H3;1H2,2H3,(H,5,6). The molecule has 1 aliphatic rings. The maximum absolute atomic E-state index is 9.60. The Balaban J connectivity index is 0.000000226. The Bertz CT molecular complexity index is 162. The van der Waals surface area contributed by atoms with Gasteiger partial charge < -0.3 is 14.7 Å². The fourth-order valence-corrected chi connectivity index (χ4v) is 0.655. The van der Waals surface area contributed by atoms with Gasteiger partial charge in [0.1, 0.15) is 0 Å². The molecule has 0 aromatic heterocycles. The van der Waals surface area contributed by atoms with Gasteiger partial charge >= 0.3 is 5.97 Å². The van der Waals surface area contributed by atoms with Crippen LogP contribution in [0.5, 0.6) is 0 Å². The number of nitrogens with zero attached hydrogens (tertiary/aromatic N) is 1. The summed E-state index contributed by atoms with van der Waals surface area (Å²) in [4.78, 5) is 11.9. The molecular weight excluding hydrogens is 170 g/mol. The summed E-state index contributed by atoms with van der Waals surface area (Å²) in [6, 6.07) is 0. The monoisotopic (exact) mass is 187 g/mol. The van der Waals surface area contributed by atoms with Gasteiger partial charge in [-0.3, -0.25) is 0 Å². The Morgan fingerprint density at radius 1 is 1.46 bits per heavy atom. The average molecular weight is 187 g/mol. The van der Waals surface area contributed by atoms with Crippen molar-refractivity contribution in [2.24, 2.45) is 0 Å². The summed E-state index contributed by atoms with van der Waals surface area (Å²) in [5.41, 5.74) is 0.176. The van der Waals surface area contributed by atoms with E-state index in [0.717, 1.165) is 26.3 Å². The van der Waals surface area contributed by atoms with Gasteiger partial charge in [0.05, 0.1) is 13.2 Å². The van der Waals surface area contributed by atoms with Crippen molar-refractivity contribution in [1.29, 1.82) is 0 Å². The first-order valence-electron chi connectivity index (χ1n) is 4.19. The molecule has 76 valence electrons. The third-order valence-corrected chi connectivity index (χ3v) is 1.60. The second kappa shape index (κ2) is 6.62. The largest absolute Gasteiger partial charge is 0.478 e. The van der Waals surface area contributed by atoms with Gasteiger partial charge in [0.15, 0.2) is 0 Å². The topological polar surface area (TPSA) is 49.8 Å². The first kappa shape index (κ1) is 12.1. The Hall–Kier alpha value is -0.870. The molecular formula is C9H17NO3. The molecule has 4 heteroatoms. The van der Waals surface area contributed by atoms with Crippen LogP contribution in [0, 0.1) is 0 Å². The first-order chi connectivity index (χ1) is 6.04. The van der Waals surface area contributed by atoms with Gasteiger partial charge in [-0.15, -0.1) is 0 Å². The van der Waals surface area contributed by atoms with E-state index in [1.54, 1.807) is 0 Å². The van der Waals surface area contributed by atoms with Gasteiger partial charge in [-0.05, 0) is 14.0 Å². The molecule has 0 aliphatic carbocycles. The normalized spacial score (nSPS) is 17.1. The molecule has 4 nitrogen and oxygen atoms in total. The Morgan fingerprint density at radius 2 is 1.85 bits per heavy atom. The minimum Gasteiger partial charge on any atom is -0.478 e. The molecule has 1 N–H and O–H groups in total. The smallest absolute Gasteiger partial charge is 0.330 e. The highest BCUT2D eigenvalue weighted by atomic mass is 16.5. The summed E-state index contributed by atoms with van der Waals surface area (Å²) in [6.07, 6.45) is 0. The molecule has 0 aromatic rings. The van der Waals surface area contributed by atoms with Crippen LogP contribution in [0.4, 0.5) is 0 Å². The lowest BCUT2D eigenvalue weighted by atomic mass is 10.4. The summed E-state index contributed by atoms with van der Waals surface area (Å²) < 4.78 is 5.10. The highest BCUT2D eigenvalue weighted by Crippen LogP contribution is 1.89. The molecule has 1 saturated heterocycles. The molecule has 0 atom stereocenters. The predicted octanol–water partition coefficient (Wildman–Crippen LogP) is 0.595. The molecule has 1 heterocycles. The third-order valence-electron chi connectivity index (χ3n) is 1.60. The molecule has 0 spiro atoms. The number of aliphatic carboxylic acids is 1. The maximum Gasteiger partial charge on any atom is 0.330 e. The minimum absolute atomic E-state index is 0.176. The number of likely N-dealkylation sites (N-methyl/N-ethyl adjacent to an activating group) is 1. The Morgan fingerprint density at radius 3 is 2.00 bits per heavy atom. The van der Waals surface area contributed by atoms with Crippen molar-refractivity contribution in [3.05, 3.63) is 12.2 Å². The van der Waals surface area contributed by atoms with Crippen LogP contribution in [0.15, 0.2) is 12.2 Å². The van der Waals surface area contributed by atoms with Crippen molar-refractivity contribution in [2.75, 3.05) is 33.4 Å². The summed E-state index contributed by atoms with van der Waals surface area (Å²) in [7, 11) is 2.11. The highest BCUT2D eigenvalue weighted by molar-refractivity contribution is 5.84. The van der Waals surface area contributed by atoms with Crippen molar-refractivity contribution in [1.82, 2.24) is 4.90 Å². The Kier molecular flexibility index (Phi) is 6.18. The number of carbonyl (C=O) groups is 1. The maximum atomic E-state index is 9.60.